The Balaban J connectivity index is 2.12. The van der Waals surface area contributed by atoms with Crippen LogP contribution in [0, 0.1) is 0 Å². The summed E-state index contributed by atoms with van der Waals surface area (Å²) in [4.78, 5) is 4.24. The molecule has 0 aliphatic carbocycles. The minimum absolute atomic E-state index is 0.134. The van der Waals surface area contributed by atoms with Crippen molar-refractivity contribution in [2.24, 2.45) is 0 Å². The highest BCUT2D eigenvalue weighted by Gasteiger charge is 2.18. The molecule has 0 bridgehead atoms. The van der Waals surface area contributed by atoms with Crippen LogP contribution in [0.3, 0.4) is 0 Å². The molecule has 0 aromatic carbocycles. The highest BCUT2D eigenvalue weighted by atomic mass is 79.9. The van der Waals surface area contributed by atoms with Gasteiger partial charge in [0.05, 0.1) is 23.9 Å². The third-order valence-corrected chi connectivity index (χ3v) is 3.70. The maximum Gasteiger partial charge on any atom is 0.212 e. The van der Waals surface area contributed by atoms with Crippen LogP contribution in [-0.4, -0.2) is 18.6 Å². The molecule has 1 unspecified atom stereocenters. The standard InChI is InChI=1S/C15H19BrN2O2/c1-3-7-17-13(15-12(16)6-8-20-15)9-11-4-5-14(19-2)18-10-11/h4-6,8,10,13,17H,3,7,9H2,1-2H3. The van der Waals surface area contributed by atoms with Gasteiger partial charge in [0.25, 0.3) is 0 Å². The number of ether oxygens (including phenoxy) is 1. The number of nitrogens with one attached hydrogen (secondary N) is 1. The fourth-order valence-corrected chi connectivity index (χ4v) is 2.50. The quantitative estimate of drug-likeness (QED) is 0.835. The topological polar surface area (TPSA) is 47.3 Å². The molecule has 108 valence electrons. The Morgan fingerprint density at radius 1 is 1.40 bits per heavy atom. The summed E-state index contributed by atoms with van der Waals surface area (Å²) in [6, 6.07) is 5.96. The fraction of sp³-hybridized carbons (Fsp3) is 0.400. The fourth-order valence-electron chi connectivity index (χ4n) is 2.02. The number of rotatable bonds is 7. The van der Waals surface area contributed by atoms with Crippen molar-refractivity contribution in [1.29, 1.82) is 0 Å². The zero-order valence-corrected chi connectivity index (χ0v) is 13.3. The summed E-state index contributed by atoms with van der Waals surface area (Å²) in [6.45, 7) is 3.09. The number of furan rings is 1. The second kappa shape index (κ2) is 7.45. The second-order valence-electron chi connectivity index (χ2n) is 4.55. The molecule has 0 saturated carbocycles. The lowest BCUT2D eigenvalue weighted by Gasteiger charge is -2.17. The second-order valence-corrected chi connectivity index (χ2v) is 5.41. The van der Waals surface area contributed by atoms with Gasteiger partial charge in [-0.1, -0.05) is 13.0 Å². The molecule has 0 spiro atoms. The third-order valence-electron chi connectivity index (χ3n) is 3.05. The number of hydrogen-bond donors (Lipinski definition) is 1. The van der Waals surface area contributed by atoms with Gasteiger partial charge in [0.15, 0.2) is 0 Å². The van der Waals surface area contributed by atoms with Crippen molar-refractivity contribution in [3.63, 3.8) is 0 Å². The van der Waals surface area contributed by atoms with Gasteiger partial charge in [0.2, 0.25) is 5.88 Å². The van der Waals surface area contributed by atoms with E-state index in [1.54, 1.807) is 13.4 Å². The van der Waals surface area contributed by atoms with Gasteiger partial charge in [0.1, 0.15) is 5.76 Å². The summed E-state index contributed by atoms with van der Waals surface area (Å²) < 4.78 is 11.7. The Hall–Kier alpha value is -1.33. The highest BCUT2D eigenvalue weighted by Crippen LogP contribution is 2.27. The first kappa shape index (κ1) is 15.1. The maximum atomic E-state index is 5.59. The molecule has 2 aromatic rings. The molecular formula is C15H19BrN2O2. The summed E-state index contributed by atoms with van der Waals surface area (Å²) in [5.74, 6) is 1.56. The lowest BCUT2D eigenvalue weighted by molar-refractivity contribution is 0.395. The molecule has 0 aliphatic heterocycles. The highest BCUT2D eigenvalue weighted by molar-refractivity contribution is 9.10. The summed E-state index contributed by atoms with van der Waals surface area (Å²) in [5, 5.41) is 3.51. The lowest BCUT2D eigenvalue weighted by atomic mass is 10.1. The Bertz CT molecular complexity index is 525. The molecular weight excluding hydrogens is 320 g/mol. The van der Waals surface area contributed by atoms with Crippen molar-refractivity contribution >= 4 is 15.9 Å². The molecule has 5 heteroatoms. The van der Waals surface area contributed by atoms with Crippen LogP contribution in [0.15, 0.2) is 39.5 Å². The largest absolute Gasteiger partial charge is 0.481 e. The molecule has 0 amide bonds. The molecule has 0 saturated heterocycles. The van der Waals surface area contributed by atoms with Gasteiger partial charge in [-0.25, -0.2) is 4.98 Å². The minimum atomic E-state index is 0.134. The average Bonchev–Trinajstić information content (AvgIpc) is 2.90. The van der Waals surface area contributed by atoms with Crippen LogP contribution < -0.4 is 10.1 Å². The first-order valence-electron chi connectivity index (χ1n) is 6.69. The SMILES string of the molecule is CCCNC(Cc1ccc(OC)nc1)c1occc1Br. The number of methoxy groups -OCH3 is 1. The Kier molecular flexibility index (Phi) is 5.61. The Morgan fingerprint density at radius 3 is 2.80 bits per heavy atom. The van der Waals surface area contributed by atoms with Gasteiger partial charge in [-0.05, 0) is 46.9 Å². The van der Waals surface area contributed by atoms with E-state index in [4.69, 9.17) is 9.15 Å². The van der Waals surface area contributed by atoms with Gasteiger partial charge in [0, 0.05) is 12.3 Å². The van der Waals surface area contributed by atoms with Gasteiger partial charge in [-0.3, -0.25) is 0 Å². The number of hydrogen-bond acceptors (Lipinski definition) is 4. The first-order chi connectivity index (χ1) is 9.74. The zero-order valence-electron chi connectivity index (χ0n) is 11.7. The van der Waals surface area contributed by atoms with E-state index in [0.717, 1.165) is 35.2 Å². The summed E-state index contributed by atoms with van der Waals surface area (Å²) in [6.07, 6.45) is 5.45. The van der Waals surface area contributed by atoms with Gasteiger partial charge in [-0.15, -0.1) is 0 Å². The maximum absolute atomic E-state index is 5.59. The van der Waals surface area contributed by atoms with Crippen LogP contribution in [0.5, 0.6) is 5.88 Å². The van der Waals surface area contributed by atoms with E-state index in [0.29, 0.717) is 5.88 Å². The number of nitrogens with zero attached hydrogens (tertiary/aromatic N) is 1. The van der Waals surface area contributed by atoms with E-state index in [-0.39, 0.29) is 6.04 Å². The van der Waals surface area contributed by atoms with Crippen LogP contribution in [-0.2, 0) is 6.42 Å². The van der Waals surface area contributed by atoms with E-state index >= 15 is 0 Å². The molecule has 0 fully saturated rings. The third kappa shape index (κ3) is 3.84. The molecule has 4 nitrogen and oxygen atoms in total. The van der Waals surface area contributed by atoms with Crippen LogP contribution in [0.2, 0.25) is 0 Å². The summed E-state index contributed by atoms with van der Waals surface area (Å²) >= 11 is 3.53. The monoisotopic (exact) mass is 338 g/mol. The zero-order chi connectivity index (χ0) is 14.4. The van der Waals surface area contributed by atoms with Crippen LogP contribution in [0.25, 0.3) is 0 Å². The predicted molar refractivity (Wildman–Crippen MR) is 81.9 cm³/mol. The van der Waals surface area contributed by atoms with Crippen molar-refractivity contribution in [3.05, 3.63) is 46.5 Å². The Labute approximate surface area is 127 Å². The van der Waals surface area contributed by atoms with Gasteiger partial charge in [-0.2, -0.15) is 0 Å². The van der Waals surface area contributed by atoms with Crippen LogP contribution in [0.1, 0.15) is 30.7 Å². The van der Waals surface area contributed by atoms with Gasteiger partial charge >= 0.3 is 0 Å². The van der Waals surface area contributed by atoms with E-state index in [1.807, 2.05) is 24.4 Å². The van der Waals surface area contributed by atoms with E-state index < -0.39 is 0 Å². The smallest absolute Gasteiger partial charge is 0.212 e. The molecule has 0 radical (unpaired) electrons. The van der Waals surface area contributed by atoms with Crippen molar-refractivity contribution in [1.82, 2.24) is 10.3 Å². The van der Waals surface area contributed by atoms with Crippen LogP contribution >= 0.6 is 15.9 Å². The minimum Gasteiger partial charge on any atom is -0.481 e. The number of halogens is 1. The predicted octanol–water partition coefficient (Wildman–Crippen LogP) is 3.73. The summed E-state index contributed by atoms with van der Waals surface area (Å²) in [7, 11) is 1.62. The van der Waals surface area contributed by atoms with E-state index in [2.05, 4.69) is 33.2 Å². The number of pyridine rings is 1. The molecule has 1 N–H and O–H groups in total. The Morgan fingerprint density at radius 2 is 2.25 bits per heavy atom. The molecule has 2 heterocycles. The molecule has 2 rings (SSSR count). The number of aromatic nitrogens is 1. The molecule has 2 aromatic heterocycles. The van der Waals surface area contributed by atoms with E-state index in [9.17, 15) is 0 Å². The molecule has 20 heavy (non-hydrogen) atoms. The van der Waals surface area contributed by atoms with Crippen molar-refractivity contribution in [2.75, 3.05) is 13.7 Å². The van der Waals surface area contributed by atoms with E-state index in [1.165, 1.54) is 0 Å². The van der Waals surface area contributed by atoms with Crippen molar-refractivity contribution < 1.29 is 9.15 Å². The van der Waals surface area contributed by atoms with Crippen molar-refractivity contribution in [3.8, 4) is 5.88 Å². The molecule has 0 aliphatic rings. The molecule has 1 atom stereocenters. The lowest BCUT2D eigenvalue weighted by Crippen LogP contribution is -2.24. The first-order valence-corrected chi connectivity index (χ1v) is 7.49. The van der Waals surface area contributed by atoms with Crippen molar-refractivity contribution in [2.45, 2.75) is 25.8 Å². The summed E-state index contributed by atoms with van der Waals surface area (Å²) in [5.41, 5.74) is 1.14. The van der Waals surface area contributed by atoms with Crippen LogP contribution in [0.4, 0.5) is 0 Å². The average molecular weight is 339 g/mol. The van der Waals surface area contributed by atoms with Gasteiger partial charge < -0.3 is 14.5 Å². The normalized spacial score (nSPS) is 12.3.